The van der Waals surface area contributed by atoms with Gasteiger partial charge in [0, 0.05) is 60.6 Å². The lowest BCUT2D eigenvalue weighted by atomic mass is 9.59. The molecule has 1 amide bonds. The van der Waals surface area contributed by atoms with E-state index >= 15 is 0 Å². The van der Waals surface area contributed by atoms with Gasteiger partial charge in [-0.1, -0.05) is 51.0 Å². The molecule has 0 radical (unpaired) electrons. The second-order valence-electron chi connectivity index (χ2n) is 22.6. The number of hydrogen-bond donors (Lipinski definition) is 4. The number of pyridine rings is 1. The van der Waals surface area contributed by atoms with E-state index in [1.807, 2.05) is 19.1 Å². The molecule has 5 aromatic rings. The molecule has 2 aromatic heterocycles. The second-order valence-corrected chi connectivity index (χ2v) is 24.3. The van der Waals surface area contributed by atoms with Crippen LogP contribution in [-0.4, -0.2) is 89.8 Å². The van der Waals surface area contributed by atoms with E-state index in [4.69, 9.17) is 19.2 Å². The molecule has 2 saturated heterocycles. The maximum absolute atomic E-state index is 14.5. The van der Waals surface area contributed by atoms with Gasteiger partial charge in [-0.2, -0.15) is 4.98 Å². The van der Waals surface area contributed by atoms with E-state index in [1.54, 1.807) is 24.4 Å². The molecule has 16 nitrogen and oxygen atoms in total. The number of nitrogens with zero attached hydrogens (tertiary/aromatic N) is 4. The van der Waals surface area contributed by atoms with Crippen LogP contribution in [0.2, 0.25) is 0 Å². The number of aliphatic hydroxyl groups is 1. The molecule has 2 atom stereocenters. The van der Waals surface area contributed by atoms with E-state index in [2.05, 4.69) is 62.9 Å². The van der Waals surface area contributed by atoms with Crippen LogP contribution in [0.15, 0.2) is 77.8 Å². The minimum Gasteiger partial charge on any atom is -0.489 e. The zero-order chi connectivity index (χ0) is 50.6. The third-order valence-electron chi connectivity index (χ3n) is 17.3. The van der Waals surface area contributed by atoms with Crippen LogP contribution in [0.1, 0.15) is 144 Å². The van der Waals surface area contributed by atoms with E-state index in [0.29, 0.717) is 61.9 Å². The predicted octanol–water partition coefficient (Wildman–Crippen LogP) is 10.8. The molecule has 3 aliphatic carbocycles. The summed E-state index contributed by atoms with van der Waals surface area (Å²) in [6, 6.07) is 20.8. The quantitative estimate of drug-likeness (QED) is 0.0605. The number of H-pyrrole nitrogens is 1. The Bertz CT molecular complexity index is 2980. The van der Waals surface area contributed by atoms with Gasteiger partial charge in [0.1, 0.15) is 18.0 Å². The van der Waals surface area contributed by atoms with E-state index in [0.717, 1.165) is 75.3 Å². The van der Waals surface area contributed by atoms with Crippen LogP contribution in [0.3, 0.4) is 0 Å². The number of nitrogens with one attached hydrogen (secondary N) is 3. The lowest BCUT2D eigenvalue weighted by Crippen LogP contribution is -2.54. The van der Waals surface area contributed by atoms with Crippen LogP contribution in [0, 0.1) is 27.4 Å². The zero-order valence-corrected chi connectivity index (χ0v) is 43.1. The first-order valence-corrected chi connectivity index (χ1v) is 28.1. The van der Waals surface area contributed by atoms with Gasteiger partial charge in [0.25, 0.3) is 27.5 Å². The highest BCUT2D eigenvalue weighted by atomic mass is 32.2. The number of carbonyl (C=O) groups excluding carboxylic acids is 1. The molecule has 4 N–H and O–H groups in total. The molecule has 6 aliphatic rings. The van der Waals surface area contributed by atoms with Crippen LogP contribution in [0.25, 0.3) is 11.0 Å². The molecule has 3 saturated carbocycles. The molecule has 388 valence electrons. The Morgan fingerprint density at radius 2 is 1.73 bits per heavy atom. The molecule has 3 aliphatic heterocycles. The number of hydrogen-bond acceptors (Lipinski definition) is 13. The van der Waals surface area contributed by atoms with E-state index in [9.17, 15) is 28.4 Å². The summed E-state index contributed by atoms with van der Waals surface area (Å²) in [6.45, 7) is 9.77. The number of fused-ring (bicyclic) bond motifs is 2. The van der Waals surface area contributed by atoms with Crippen molar-refractivity contribution in [3.63, 3.8) is 0 Å². The Hall–Kier alpha value is -5.91. The molecule has 73 heavy (non-hydrogen) atoms. The molecule has 5 heterocycles. The number of piperidine rings is 1. The van der Waals surface area contributed by atoms with Crippen LogP contribution in [-0.2, 0) is 10.0 Å². The maximum Gasteiger partial charge on any atom is 0.297 e. The standard InChI is InChI=1S/C56H69N7O9S/c1-35(2)42-11-6-7-12-43(42)46-13-8-24-62(46)40-31-56(32-40)21-25-61(26-22-56)39-14-15-44(48(28-39)72-50-27-38-18-23-57-52(38)59-54(50)71-33-36-9-4-5-10-36)53(64)60-73(68,69)41-29-47(63(66)67)51-49(30-41)70-34-45(58-51)37-16-19-55(3,65)20-17-37/h6-7,11-12,14-15,18,23,27-30,35-37,40,45-46,58,65H,4-5,8-10,13,16-17,19-22,24-26,31-34H2,1-3H3,(H,57,59)(H,60,64)/t37-,45-,46-,55-/m1/s1. The third-order valence-corrected chi connectivity index (χ3v) is 18.6. The number of nitro benzene ring substituents is 1. The largest absolute Gasteiger partial charge is 0.489 e. The summed E-state index contributed by atoms with van der Waals surface area (Å²) >= 11 is 0. The smallest absolute Gasteiger partial charge is 0.297 e. The predicted molar refractivity (Wildman–Crippen MR) is 279 cm³/mol. The summed E-state index contributed by atoms with van der Waals surface area (Å²) in [7, 11) is -4.71. The normalized spacial score (nSPS) is 24.5. The fourth-order valence-corrected chi connectivity index (χ4v) is 14.0. The molecular formula is C56H69N7O9S. The number of anilines is 2. The number of benzene rings is 3. The van der Waals surface area contributed by atoms with Gasteiger partial charge < -0.3 is 34.5 Å². The monoisotopic (exact) mass is 1020 g/mol. The maximum atomic E-state index is 14.5. The first kappa shape index (κ1) is 49.3. The number of likely N-dealkylation sites (tertiary alicyclic amines) is 1. The van der Waals surface area contributed by atoms with E-state index < -0.39 is 37.0 Å². The van der Waals surface area contributed by atoms with Crippen LogP contribution < -0.4 is 29.1 Å². The number of nitro groups is 1. The van der Waals surface area contributed by atoms with Crippen LogP contribution in [0.5, 0.6) is 23.1 Å². The fourth-order valence-electron chi connectivity index (χ4n) is 13.0. The van der Waals surface area contributed by atoms with Crippen molar-refractivity contribution in [2.24, 2.45) is 17.3 Å². The highest BCUT2D eigenvalue weighted by Gasteiger charge is 2.50. The van der Waals surface area contributed by atoms with Crippen molar-refractivity contribution in [3.05, 3.63) is 99.7 Å². The molecule has 1 spiro atoms. The van der Waals surface area contributed by atoms with Crippen LogP contribution in [0.4, 0.5) is 17.1 Å². The lowest BCUT2D eigenvalue weighted by molar-refractivity contribution is -0.384. The molecular weight excluding hydrogens is 947 g/mol. The number of rotatable bonds is 14. The summed E-state index contributed by atoms with van der Waals surface area (Å²) in [5, 5.41) is 27.1. The van der Waals surface area contributed by atoms with Crippen molar-refractivity contribution < 1.29 is 37.5 Å². The minimum absolute atomic E-state index is 0.000577. The van der Waals surface area contributed by atoms with E-state index in [1.165, 1.54) is 42.9 Å². The number of carbonyl (C=O) groups is 1. The number of aromatic amines is 1. The number of amides is 1. The number of aromatic nitrogens is 2. The van der Waals surface area contributed by atoms with Crippen molar-refractivity contribution in [2.75, 3.05) is 43.1 Å². The SMILES string of the molecule is CC(C)c1ccccc1[C@H]1CCCN1C1CC2(CCN(c3ccc(C(=O)NS(=O)(=O)c4cc5c(c([N+](=O)[O-])c4)N[C@@H]([C@H]4CC[C@](C)(O)CC4)CO5)c(Oc4cc5cc[nH]c5nc4OCC4CCCC4)c3)CC2)C1. The molecule has 5 fully saturated rings. The average Bonchev–Trinajstić information content (AvgIpc) is 4.18. The van der Waals surface area contributed by atoms with Gasteiger partial charge in [0.15, 0.2) is 17.2 Å². The van der Waals surface area contributed by atoms with Gasteiger partial charge in [0.2, 0.25) is 0 Å². The first-order valence-electron chi connectivity index (χ1n) is 26.6. The summed E-state index contributed by atoms with van der Waals surface area (Å²) in [4.78, 5) is 38.9. The molecule has 11 rings (SSSR count). The van der Waals surface area contributed by atoms with E-state index in [-0.39, 0.29) is 58.4 Å². The first-order chi connectivity index (χ1) is 35.1. The Kier molecular flexibility index (Phi) is 13.3. The molecule has 17 heteroatoms. The summed E-state index contributed by atoms with van der Waals surface area (Å²) in [6.07, 6.45) is 15.7. The summed E-state index contributed by atoms with van der Waals surface area (Å²) in [5.74, 6) is 0.630. The Morgan fingerprint density at radius 1 is 0.959 bits per heavy atom. The zero-order valence-electron chi connectivity index (χ0n) is 42.2. The van der Waals surface area contributed by atoms with Gasteiger partial charge in [-0.15, -0.1) is 0 Å². The number of sulfonamides is 1. The second kappa shape index (κ2) is 19.7. The van der Waals surface area contributed by atoms with Crippen molar-refractivity contribution >= 4 is 44.0 Å². The highest BCUT2D eigenvalue weighted by molar-refractivity contribution is 7.90. The van der Waals surface area contributed by atoms with Gasteiger partial charge in [-0.3, -0.25) is 19.8 Å². The van der Waals surface area contributed by atoms with Gasteiger partial charge >= 0.3 is 0 Å². The van der Waals surface area contributed by atoms with Crippen molar-refractivity contribution in [1.82, 2.24) is 19.6 Å². The molecule has 0 unspecified atom stereocenters. The van der Waals surface area contributed by atoms with Crippen molar-refractivity contribution in [1.29, 1.82) is 0 Å². The Balaban J connectivity index is 0.841. The number of ether oxygens (including phenoxy) is 3. The van der Waals surface area contributed by atoms with Crippen molar-refractivity contribution in [2.45, 2.75) is 145 Å². The van der Waals surface area contributed by atoms with Gasteiger partial charge in [0.05, 0.1) is 33.6 Å². The van der Waals surface area contributed by atoms with Crippen molar-refractivity contribution in [3.8, 4) is 23.1 Å². The third kappa shape index (κ3) is 10.1. The summed E-state index contributed by atoms with van der Waals surface area (Å²) in [5.41, 5.74) is 3.45. The topological polar surface area (TPSA) is 201 Å². The molecule has 3 aromatic carbocycles. The fraction of sp³-hybridized carbons (Fsp3) is 0.536. The lowest BCUT2D eigenvalue weighted by Gasteiger charge is -2.56. The van der Waals surface area contributed by atoms with Crippen LogP contribution >= 0.6 is 0 Å². The average molecular weight is 1020 g/mol. The minimum atomic E-state index is -4.71. The Morgan fingerprint density at radius 3 is 2.48 bits per heavy atom. The van der Waals surface area contributed by atoms with Gasteiger partial charge in [-0.05, 0) is 149 Å². The molecule has 0 bridgehead atoms. The summed E-state index contributed by atoms with van der Waals surface area (Å²) < 4.78 is 49.7. The highest BCUT2D eigenvalue weighted by Crippen LogP contribution is 2.55. The Labute approximate surface area is 427 Å². The van der Waals surface area contributed by atoms with Gasteiger partial charge in [-0.25, -0.2) is 13.1 Å².